The molecule has 45 heavy (non-hydrogen) atoms. The first-order valence-electron chi connectivity index (χ1n) is 15.6. The van der Waals surface area contributed by atoms with Crippen LogP contribution in [0, 0.1) is 0 Å². The lowest BCUT2D eigenvalue weighted by Gasteiger charge is -2.28. The van der Waals surface area contributed by atoms with Crippen LogP contribution in [0.4, 0.5) is 17.1 Å². The van der Waals surface area contributed by atoms with Gasteiger partial charge in [0.2, 0.25) is 0 Å². The van der Waals surface area contributed by atoms with Crippen LogP contribution in [0.25, 0.3) is 55.0 Å². The summed E-state index contributed by atoms with van der Waals surface area (Å²) in [6, 6.07) is 54.8. The summed E-state index contributed by atoms with van der Waals surface area (Å²) in [6.07, 6.45) is 0. The molecule has 0 N–H and O–H groups in total. The molecule has 0 saturated carbocycles. The molecule has 0 spiro atoms. The topological polar surface area (TPSA) is 16.4 Å². The molecule has 1 aliphatic carbocycles. The zero-order chi connectivity index (χ0) is 30.1. The standard InChI is InChI=1S/C43H31NO/c1-43(2)39-14-8-6-12-35(39)36-23-22-34(27-40(36)43)44(32-19-16-29(17-20-32)28-10-4-3-5-11-28)33-21-18-30-26-42-38(25-31(30)24-33)37-13-7-9-15-41(37)45-42/h3-27H,1-2H3. The Balaban J connectivity index is 1.22. The summed E-state index contributed by atoms with van der Waals surface area (Å²) >= 11 is 0. The molecule has 214 valence electrons. The highest BCUT2D eigenvalue weighted by Crippen LogP contribution is 2.50. The van der Waals surface area contributed by atoms with E-state index in [4.69, 9.17) is 4.42 Å². The van der Waals surface area contributed by atoms with Crippen molar-refractivity contribution < 1.29 is 4.42 Å². The van der Waals surface area contributed by atoms with Crippen molar-refractivity contribution in [1.29, 1.82) is 0 Å². The summed E-state index contributed by atoms with van der Waals surface area (Å²) < 4.78 is 6.20. The normalized spacial score (nSPS) is 13.3. The first-order valence-corrected chi connectivity index (χ1v) is 15.6. The van der Waals surface area contributed by atoms with Gasteiger partial charge in [-0.3, -0.25) is 0 Å². The second kappa shape index (κ2) is 9.70. The molecule has 0 bridgehead atoms. The number of hydrogen-bond donors (Lipinski definition) is 0. The highest BCUT2D eigenvalue weighted by molar-refractivity contribution is 6.10. The van der Waals surface area contributed by atoms with Crippen molar-refractivity contribution in [1.82, 2.24) is 0 Å². The van der Waals surface area contributed by atoms with Crippen molar-refractivity contribution in [3.05, 3.63) is 163 Å². The number of benzene rings is 7. The molecule has 2 heteroatoms. The van der Waals surface area contributed by atoms with Crippen LogP contribution in [0.3, 0.4) is 0 Å². The molecule has 0 saturated heterocycles. The van der Waals surface area contributed by atoms with Gasteiger partial charge in [0.05, 0.1) is 0 Å². The molecule has 0 fully saturated rings. The van der Waals surface area contributed by atoms with Gasteiger partial charge in [-0.2, -0.15) is 0 Å². The number of rotatable bonds is 4. The van der Waals surface area contributed by atoms with Gasteiger partial charge < -0.3 is 9.32 Å². The first-order chi connectivity index (χ1) is 22.0. The summed E-state index contributed by atoms with van der Waals surface area (Å²) in [5.41, 5.74) is 13.0. The van der Waals surface area contributed by atoms with Gasteiger partial charge in [0, 0.05) is 33.2 Å². The quantitative estimate of drug-likeness (QED) is 0.207. The van der Waals surface area contributed by atoms with Crippen molar-refractivity contribution in [2.45, 2.75) is 19.3 Å². The molecule has 0 atom stereocenters. The van der Waals surface area contributed by atoms with E-state index in [0.717, 1.165) is 44.4 Å². The van der Waals surface area contributed by atoms with E-state index < -0.39 is 0 Å². The third-order valence-electron chi connectivity index (χ3n) is 9.64. The van der Waals surface area contributed by atoms with Gasteiger partial charge in [0.1, 0.15) is 11.2 Å². The van der Waals surface area contributed by atoms with Gasteiger partial charge in [0.15, 0.2) is 0 Å². The summed E-state index contributed by atoms with van der Waals surface area (Å²) in [5.74, 6) is 0. The Morgan fingerprint density at radius 2 is 1.11 bits per heavy atom. The summed E-state index contributed by atoms with van der Waals surface area (Å²) in [4.78, 5) is 2.39. The van der Waals surface area contributed by atoms with Crippen LogP contribution < -0.4 is 4.90 Å². The number of hydrogen-bond acceptors (Lipinski definition) is 2. The average molecular weight is 578 g/mol. The molecule has 8 aromatic rings. The Kier molecular flexibility index (Phi) is 5.58. The van der Waals surface area contributed by atoms with Crippen LogP contribution in [0.1, 0.15) is 25.0 Å². The van der Waals surface area contributed by atoms with E-state index in [0.29, 0.717) is 0 Å². The average Bonchev–Trinajstić information content (AvgIpc) is 3.56. The molecular formula is C43H31NO. The highest BCUT2D eigenvalue weighted by atomic mass is 16.3. The third kappa shape index (κ3) is 4.03. The fourth-order valence-electron chi connectivity index (χ4n) is 7.31. The number of para-hydroxylation sites is 1. The van der Waals surface area contributed by atoms with Crippen molar-refractivity contribution >= 4 is 49.8 Å². The van der Waals surface area contributed by atoms with E-state index in [-0.39, 0.29) is 5.41 Å². The lowest BCUT2D eigenvalue weighted by atomic mass is 9.82. The SMILES string of the molecule is CC1(C)c2ccccc2-c2ccc(N(c3ccc(-c4ccccc4)cc3)c3ccc4cc5oc6ccccc6c5cc4c3)cc21. The number of nitrogens with zero attached hydrogens (tertiary/aromatic N) is 1. The molecule has 9 rings (SSSR count). The lowest BCUT2D eigenvalue weighted by molar-refractivity contribution is 0.660. The third-order valence-corrected chi connectivity index (χ3v) is 9.64. The number of furan rings is 1. The monoisotopic (exact) mass is 577 g/mol. The van der Waals surface area contributed by atoms with Crippen LogP contribution in [0.15, 0.2) is 156 Å². The van der Waals surface area contributed by atoms with E-state index in [9.17, 15) is 0 Å². The van der Waals surface area contributed by atoms with Crippen molar-refractivity contribution in [2.75, 3.05) is 4.90 Å². The smallest absolute Gasteiger partial charge is 0.136 e. The van der Waals surface area contributed by atoms with Crippen LogP contribution in [-0.4, -0.2) is 0 Å². The van der Waals surface area contributed by atoms with E-state index in [1.54, 1.807) is 0 Å². The van der Waals surface area contributed by atoms with Crippen molar-refractivity contribution in [3.8, 4) is 22.3 Å². The Morgan fingerprint density at radius 1 is 0.444 bits per heavy atom. The van der Waals surface area contributed by atoms with E-state index in [1.165, 1.54) is 38.8 Å². The second-order valence-electron chi connectivity index (χ2n) is 12.6. The molecule has 1 heterocycles. The van der Waals surface area contributed by atoms with Crippen LogP contribution >= 0.6 is 0 Å². The summed E-state index contributed by atoms with van der Waals surface area (Å²) in [7, 11) is 0. The van der Waals surface area contributed by atoms with Crippen molar-refractivity contribution in [2.24, 2.45) is 0 Å². The zero-order valence-corrected chi connectivity index (χ0v) is 25.3. The number of fused-ring (bicyclic) bond motifs is 7. The Labute approximate surface area is 262 Å². The molecule has 7 aromatic carbocycles. The summed E-state index contributed by atoms with van der Waals surface area (Å²) in [5, 5.41) is 4.64. The van der Waals surface area contributed by atoms with Crippen LogP contribution in [-0.2, 0) is 5.41 Å². The second-order valence-corrected chi connectivity index (χ2v) is 12.6. The van der Waals surface area contributed by atoms with Gasteiger partial charge in [0.25, 0.3) is 0 Å². The first kappa shape index (κ1) is 25.9. The molecule has 1 aliphatic rings. The van der Waals surface area contributed by atoms with E-state index >= 15 is 0 Å². The molecule has 1 aromatic heterocycles. The van der Waals surface area contributed by atoms with Gasteiger partial charge in [-0.15, -0.1) is 0 Å². The van der Waals surface area contributed by atoms with Gasteiger partial charge in [-0.25, -0.2) is 0 Å². The number of anilines is 3. The van der Waals surface area contributed by atoms with Crippen molar-refractivity contribution in [3.63, 3.8) is 0 Å². The largest absolute Gasteiger partial charge is 0.456 e. The molecule has 0 aliphatic heterocycles. The molecule has 2 nitrogen and oxygen atoms in total. The summed E-state index contributed by atoms with van der Waals surface area (Å²) in [6.45, 7) is 4.69. The van der Waals surface area contributed by atoms with Crippen LogP contribution in [0.5, 0.6) is 0 Å². The molecule has 0 amide bonds. The fourth-order valence-corrected chi connectivity index (χ4v) is 7.31. The zero-order valence-electron chi connectivity index (χ0n) is 25.3. The minimum absolute atomic E-state index is 0.0812. The highest BCUT2D eigenvalue weighted by Gasteiger charge is 2.35. The maximum Gasteiger partial charge on any atom is 0.136 e. The minimum Gasteiger partial charge on any atom is -0.456 e. The predicted molar refractivity (Wildman–Crippen MR) is 189 cm³/mol. The Hall–Kier alpha value is -5.60. The maximum absolute atomic E-state index is 6.20. The van der Waals surface area contributed by atoms with Crippen LogP contribution in [0.2, 0.25) is 0 Å². The van der Waals surface area contributed by atoms with Gasteiger partial charge >= 0.3 is 0 Å². The van der Waals surface area contributed by atoms with E-state index in [2.05, 4.69) is 158 Å². The predicted octanol–water partition coefficient (Wildman–Crippen LogP) is 12.2. The molecule has 0 unspecified atom stereocenters. The fraction of sp³-hybridized carbons (Fsp3) is 0.0698. The Morgan fingerprint density at radius 3 is 1.98 bits per heavy atom. The maximum atomic E-state index is 6.20. The lowest BCUT2D eigenvalue weighted by Crippen LogP contribution is -2.16. The minimum atomic E-state index is -0.0812. The Bertz CT molecular complexity index is 2400. The van der Waals surface area contributed by atoms with Gasteiger partial charge in [-0.05, 0) is 98.8 Å². The molecule has 0 radical (unpaired) electrons. The van der Waals surface area contributed by atoms with Gasteiger partial charge in [-0.1, -0.05) is 111 Å². The molecular weight excluding hydrogens is 546 g/mol. The van der Waals surface area contributed by atoms with E-state index in [1.807, 2.05) is 12.1 Å².